The fraction of sp³-hybridized carbons (Fsp3) is 0.333. The Hall–Kier alpha value is -2.96. The summed E-state index contributed by atoms with van der Waals surface area (Å²) in [6, 6.07) is 3.98. The Labute approximate surface area is 145 Å². The molecule has 0 aromatic carbocycles. The summed E-state index contributed by atoms with van der Waals surface area (Å²) in [7, 11) is 0. The summed E-state index contributed by atoms with van der Waals surface area (Å²) in [6.07, 6.45) is 8.61. The van der Waals surface area contributed by atoms with Crippen molar-refractivity contribution in [3.63, 3.8) is 0 Å². The molecular formula is C18H20N6O. The molecule has 0 fully saturated rings. The van der Waals surface area contributed by atoms with Gasteiger partial charge in [0.1, 0.15) is 11.5 Å². The Kier molecular flexibility index (Phi) is 3.45. The van der Waals surface area contributed by atoms with Crippen LogP contribution >= 0.6 is 0 Å². The molecule has 128 valence electrons. The van der Waals surface area contributed by atoms with E-state index < -0.39 is 0 Å². The van der Waals surface area contributed by atoms with Gasteiger partial charge < -0.3 is 9.47 Å². The van der Waals surface area contributed by atoms with E-state index in [1.54, 1.807) is 11.1 Å². The minimum atomic E-state index is -0.149. The first-order valence-electron chi connectivity index (χ1n) is 8.25. The number of carbonyl (C=O) groups is 1. The molecule has 0 saturated carbocycles. The molecule has 0 bridgehead atoms. The summed E-state index contributed by atoms with van der Waals surface area (Å²) < 4.78 is 4.11. The first-order valence-corrected chi connectivity index (χ1v) is 8.25. The predicted octanol–water partition coefficient (Wildman–Crippen LogP) is 2.37. The smallest absolute Gasteiger partial charge is 0.274 e. The van der Waals surface area contributed by atoms with Crippen LogP contribution in [0.15, 0.2) is 43.1 Å². The summed E-state index contributed by atoms with van der Waals surface area (Å²) in [4.78, 5) is 22.5. The molecule has 0 radical (unpaired) electrons. The number of amides is 1. The van der Waals surface area contributed by atoms with E-state index in [1.165, 1.54) is 12.4 Å². The fourth-order valence-corrected chi connectivity index (χ4v) is 3.13. The maximum atomic E-state index is 12.7. The first kappa shape index (κ1) is 15.6. The minimum absolute atomic E-state index is 0.119. The van der Waals surface area contributed by atoms with Crippen LogP contribution in [0.4, 0.5) is 0 Å². The van der Waals surface area contributed by atoms with Gasteiger partial charge in [-0.05, 0) is 32.9 Å². The second-order valence-electron chi connectivity index (χ2n) is 7.17. The molecule has 7 nitrogen and oxygen atoms in total. The predicted molar refractivity (Wildman–Crippen MR) is 92.2 cm³/mol. The van der Waals surface area contributed by atoms with Crippen molar-refractivity contribution < 1.29 is 4.79 Å². The van der Waals surface area contributed by atoms with Crippen LogP contribution in [-0.2, 0) is 18.6 Å². The number of rotatable bonds is 2. The molecule has 0 unspecified atom stereocenters. The molecule has 3 aromatic heterocycles. The highest BCUT2D eigenvalue weighted by molar-refractivity contribution is 5.92. The van der Waals surface area contributed by atoms with Gasteiger partial charge in [0.05, 0.1) is 30.5 Å². The zero-order chi connectivity index (χ0) is 17.6. The van der Waals surface area contributed by atoms with E-state index in [0.29, 0.717) is 18.8 Å². The van der Waals surface area contributed by atoms with Gasteiger partial charge in [-0.3, -0.25) is 9.78 Å². The lowest BCUT2D eigenvalue weighted by Crippen LogP contribution is -2.30. The monoisotopic (exact) mass is 336 g/mol. The first-order chi connectivity index (χ1) is 11.9. The largest absolute Gasteiger partial charge is 0.327 e. The molecule has 0 saturated heterocycles. The number of fused-ring (bicyclic) bond motifs is 1. The average Bonchev–Trinajstić information content (AvgIpc) is 3.29. The van der Waals surface area contributed by atoms with E-state index in [0.717, 1.165) is 17.1 Å². The third-order valence-corrected chi connectivity index (χ3v) is 4.28. The molecule has 4 heterocycles. The highest BCUT2D eigenvalue weighted by Crippen LogP contribution is 2.32. The van der Waals surface area contributed by atoms with E-state index in [1.807, 2.05) is 29.2 Å². The molecule has 0 spiro atoms. The van der Waals surface area contributed by atoms with Crippen LogP contribution in [0.25, 0.3) is 5.82 Å². The molecule has 1 aliphatic heterocycles. The number of aromatic nitrogens is 5. The highest BCUT2D eigenvalue weighted by atomic mass is 16.2. The van der Waals surface area contributed by atoms with Crippen LogP contribution in [0, 0.1) is 0 Å². The summed E-state index contributed by atoms with van der Waals surface area (Å²) in [5.41, 5.74) is 2.24. The van der Waals surface area contributed by atoms with Gasteiger partial charge in [0.15, 0.2) is 0 Å². The topological polar surface area (TPSA) is 68.8 Å². The van der Waals surface area contributed by atoms with E-state index in [2.05, 4.69) is 35.3 Å². The second-order valence-corrected chi connectivity index (χ2v) is 7.17. The van der Waals surface area contributed by atoms with Gasteiger partial charge in [0.25, 0.3) is 5.91 Å². The molecule has 3 aromatic rings. The zero-order valence-corrected chi connectivity index (χ0v) is 14.5. The Morgan fingerprint density at radius 1 is 1.12 bits per heavy atom. The van der Waals surface area contributed by atoms with E-state index in [-0.39, 0.29) is 11.4 Å². The molecule has 25 heavy (non-hydrogen) atoms. The Morgan fingerprint density at radius 2 is 1.88 bits per heavy atom. The minimum Gasteiger partial charge on any atom is -0.327 e. The van der Waals surface area contributed by atoms with Crippen molar-refractivity contribution in [2.75, 3.05) is 0 Å². The van der Waals surface area contributed by atoms with Crippen molar-refractivity contribution in [2.24, 2.45) is 0 Å². The standard InChI is InChI=1S/C18H20N6O/c1-18(2,3)24-16(22-8-4-5-9-22)13-11-23(12-15(13)21-24)17(25)14-10-19-6-7-20-14/h4-10H,11-12H2,1-3H3. The summed E-state index contributed by atoms with van der Waals surface area (Å²) in [5, 5.41) is 4.81. The lowest BCUT2D eigenvalue weighted by molar-refractivity contribution is 0.0742. The normalized spacial score (nSPS) is 14.0. The maximum Gasteiger partial charge on any atom is 0.274 e. The van der Waals surface area contributed by atoms with Crippen LogP contribution in [0.1, 0.15) is 42.5 Å². The molecule has 0 N–H and O–H groups in total. The van der Waals surface area contributed by atoms with Crippen LogP contribution in [0.5, 0.6) is 0 Å². The average molecular weight is 336 g/mol. The number of nitrogens with zero attached hydrogens (tertiary/aromatic N) is 6. The van der Waals surface area contributed by atoms with Crippen molar-refractivity contribution in [2.45, 2.75) is 39.4 Å². The van der Waals surface area contributed by atoms with Gasteiger partial charge in [-0.2, -0.15) is 5.10 Å². The van der Waals surface area contributed by atoms with Gasteiger partial charge in [-0.25, -0.2) is 9.67 Å². The third-order valence-electron chi connectivity index (χ3n) is 4.28. The van der Waals surface area contributed by atoms with Gasteiger partial charge in [0, 0.05) is 30.4 Å². The second kappa shape index (κ2) is 5.54. The lowest BCUT2D eigenvalue weighted by Gasteiger charge is -2.24. The SMILES string of the molecule is CC(C)(C)n1nc2c(c1-n1cccc1)CN(C(=O)c1cnccn1)C2. The van der Waals surface area contributed by atoms with Crippen molar-refractivity contribution in [1.82, 2.24) is 29.2 Å². The zero-order valence-electron chi connectivity index (χ0n) is 14.5. The van der Waals surface area contributed by atoms with Crippen LogP contribution in [0.2, 0.25) is 0 Å². The molecule has 7 heteroatoms. The number of hydrogen-bond donors (Lipinski definition) is 0. The van der Waals surface area contributed by atoms with E-state index in [4.69, 9.17) is 5.10 Å². The molecule has 0 aliphatic carbocycles. The van der Waals surface area contributed by atoms with Gasteiger partial charge in [0.2, 0.25) is 0 Å². The lowest BCUT2D eigenvalue weighted by atomic mass is 10.1. The van der Waals surface area contributed by atoms with Crippen molar-refractivity contribution >= 4 is 5.91 Å². The van der Waals surface area contributed by atoms with Crippen molar-refractivity contribution in [1.29, 1.82) is 0 Å². The molecule has 0 atom stereocenters. The number of hydrogen-bond acceptors (Lipinski definition) is 4. The Balaban J connectivity index is 1.72. The molecule has 1 aliphatic rings. The third kappa shape index (κ3) is 2.61. The molecular weight excluding hydrogens is 316 g/mol. The maximum absolute atomic E-state index is 12.7. The van der Waals surface area contributed by atoms with Crippen molar-refractivity contribution in [3.8, 4) is 5.82 Å². The van der Waals surface area contributed by atoms with Crippen LogP contribution < -0.4 is 0 Å². The quantitative estimate of drug-likeness (QED) is 0.720. The number of carbonyl (C=O) groups excluding carboxylic acids is 1. The van der Waals surface area contributed by atoms with Crippen molar-refractivity contribution in [3.05, 3.63) is 60.1 Å². The molecule has 1 amide bonds. The van der Waals surface area contributed by atoms with E-state index >= 15 is 0 Å². The fourth-order valence-electron chi connectivity index (χ4n) is 3.13. The summed E-state index contributed by atoms with van der Waals surface area (Å²) in [5.74, 6) is 0.897. The summed E-state index contributed by atoms with van der Waals surface area (Å²) >= 11 is 0. The van der Waals surface area contributed by atoms with Crippen LogP contribution in [0.3, 0.4) is 0 Å². The van der Waals surface area contributed by atoms with Crippen LogP contribution in [-0.4, -0.2) is 35.1 Å². The molecule has 4 rings (SSSR count). The summed E-state index contributed by atoms with van der Waals surface area (Å²) in [6.45, 7) is 7.40. The Morgan fingerprint density at radius 3 is 2.52 bits per heavy atom. The Bertz CT molecular complexity index is 905. The van der Waals surface area contributed by atoms with E-state index in [9.17, 15) is 4.79 Å². The van der Waals surface area contributed by atoms with Gasteiger partial charge >= 0.3 is 0 Å². The van der Waals surface area contributed by atoms with Gasteiger partial charge in [-0.1, -0.05) is 0 Å². The van der Waals surface area contributed by atoms with Gasteiger partial charge in [-0.15, -0.1) is 0 Å². The highest BCUT2D eigenvalue weighted by Gasteiger charge is 2.34.